The first-order valence-electron chi connectivity index (χ1n) is 4.72. The molecule has 0 radical (unpaired) electrons. The van der Waals surface area contributed by atoms with Gasteiger partial charge in [0.05, 0.1) is 12.0 Å². The lowest BCUT2D eigenvalue weighted by molar-refractivity contribution is -0.387. The molecule has 0 amide bonds. The summed E-state index contributed by atoms with van der Waals surface area (Å²) in [6.07, 6.45) is 0.0494. The van der Waals surface area contributed by atoms with Gasteiger partial charge in [-0.25, -0.2) is 0 Å². The summed E-state index contributed by atoms with van der Waals surface area (Å²) < 4.78 is 17.4. The van der Waals surface area contributed by atoms with E-state index in [2.05, 4.69) is 4.74 Å². The third kappa shape index (κ3) is 3.22. The summed E-state index contributed by atoms with van der Waals surface area (Å²) in [5.74, 6) is -1.55. The molecule has 0 aliphatic rings. The molecule has 0 bridgehead atoms. The average molecular weight is 242 g/mol. The second kappa shape index (κ2) is 5.35. The van der Waals surface area contributed by atoms with Crippen molar-refractivity contribution >= 4 is 11.7 Å². The van der Waals surface area contributed by atoms with E-state index < -0.39 is 28.4 Å². The lowest BCUT2D eigenvalue weighted by atomic mass is 10.1. The fraction of sp³-hybridized carbons (Fsp3) is 0.300. The van der Waals surface area contributed by atoms with Gasteiger partial charge < -0.3 is 10.5 Å². The normalized spacial score (nSPS) is 11.9. The Labute approximate surface area is 96.3 Å². The summed E-state index contributed by atoms with van der Waals surface area (Å²) in [5.41, 5.74) is 5.25. The summed E-state index contributed by atoms with van der Waals surface area (Å²) >= 11 is 0. The molecule has 1 rings (SSSR count). The van der Waals surface area contributed by atoms with Crippen LogP contribution in [-0.2, 0) is 16.0 Å². The van der Waals surface area contributed by atoms with Gasteiger partial charge in [0, 0.05) is 6.07 Å². The number of nitrogens with two attached hydrogens (primary N) is 1. The lowest BCUT2D eigenvalue weighted by Gasteiger charge is -2.08. The molecule has 0 unspecified atom stereocenters. The zero-order valence-corrected chi connectivity index (χ0v) is 9.05. The molecule has 0 aliphatic heterocycles. The number of hydrogen-bond acceptors (Lipinski definition) is 5. The summed E-state index contributed by atoms with van der Waals surface area (Å²) in [6, 6.07) is 2.44. The number of carbonyl (C=O) groups is 1. The number of methoxy groups -OCH3 is 1. The third-order valence-electron chi connectivity index (χ3n) is 2.17. The van der Waals surface area contributed by atoms with Crippen LogP contribution in [0.15, 0.2) is 18.2 Å². The van der Waals surface area contributed by atoms with E-state index in [1.54, 1.807) is 0 Å². The van der Waals surface area contributed by atoms with E-state index in [1.807, 2.05) is 0 Å². The Morgan fingerprint density at radius 3 is 2.82 bits per heavy atom. The van der Waals surface area contributed by atoms with Crippen molar-refractivity contribution in [3.8, 4) is 0 Å². The molecule has 0 spiro atoms. The first-order chi connectivity index (χ1) is 7.95. The van der Waals surface area contributed by atoms with Crippen LogP contribution in [-0.4, -0.2) is 24.0 Å². The van der Waals surface area contributed by atoms with Gasteiger partial charge in [-0.05, 0) is 18.1 Å². The molecule has 17 heavy (non-hydrogen) atoms. The average Bonchev–Trinajstić information content (AvgIpc) is 2.30. The van der Waals surface area contributed by atoms with E-state index in [4.69, 9.17) is 5.73 Å². The number of nitrogens with zero attached hydrogens (tertiary/aromatic N) is 1. The number of carbonyl (C=O) groups excluding carboxylic acids is 1. The zero-order chi connectivity index (χ0) is 13.0. The molecule has 92 valence electrons. The van der Waals surface area contributed by atoms with Gasteiger partial charge in [-0.15, -0.1) is 0 Å². The Balaban J connectivity index is 2.90. The van der Waals surface area contributed by atoms with Crippen molar-refractivity contribution in [2.24, 2.45) is 5.73 Å². The second-order valence-electron chi connectivity index (χ2n) is 3.38. The summed E-state index contributed by atoms with van der Waals surface area (Å²) in [7, 11) is 1.19. The van der Waals surface area contributed by atoms with Crippen molar-refractivity contribution in [1.29, 1.82) is 0 Å². The molecule has 6 nitrogen and oxygen atoms in total. The number of benzene rings is 1. The molecule has 2 N–H and O–H groups in total. The predicted molar refractivity (Wildman–Crippen MR) is 56.7 cm³/mol. The first-order valence-corrected chi connectivity index (χ1v) is 4.72. The van der Waals surface area contributed by atoms with E-state index >= 15 is 0 Å². The lowest BCUT2D eigenvalue weighted by Crippen LogP contribution is -2.33. The maximum absolute atomic E-state index is 13.0. The Kier molecular flexibility index (Phi) is 4.11. The van der Waals surface area contributed by atoms with Crippen LogP contribution in [0.2, 0.25) is 0 Å². The van der Waals surface area contributed by atoms with Crippen LogP contribution in [0, 0.1) is 15.9 Å². The molecule has 0 saturated carbocycles. The number of esters is 1. The number of hydrogen-bond donors (Lipinski definition) is 1. The van der Waals surface area contributed by atoms with Crippen LogP contribution in [0.4, 0.5) is 10.1 Å². The number of ether oxygens (including phenoxy) is 1. The fourth-order valence-corrected chi connectivity index (χ4v) is 1.31. The first kappa shape index (κ1) is 13.0. The minimum absolute atomic E-state index is 0.0494. The number of nitro benzene ring substituents is 1. The monoisotopic (exact) mass is 242 g/mol. The molecule has 0 aromatic heterocycles. The van der Waals surface area contributed by atoms with Gasteiger partial charge in [-0.2, -0.15) is 4.39 Å². The van der Waals surface area contributed by atoms with Gasteiger partial charge in [-0.3, -0.25) is 14.9 Å². The molecule has 7 heteroatoms. The summed E-state index contributed by atoms with van der Waals surface area (Å²) in [6.45, 7) is 0. The maximum atomic E-state index is 13.0. The van der Waals surface area contributed by atoms with Crippen LogP contribution in [0.5, 0.6) is 0 Å². The Hall–Kier alpha value is -2.02. The Morgan fingerprint density at radius 2 is 2.29 bits per heavy atom. The van der Waals surface area contributed by atoms with Gasteiger partial charge >= 0.3 is 11.7 Å². The van der Waals surface area contributed by atoms with Crippen molar-refractivity contribution in [3.05, 3.63) is 39.7 Å². The van der Waals surface area contributed by atoms with E-state index in [0.717, 1.165) is 12.1 Å². The van der Waals surface area contributed by atoms with Crippen LogP contribution < -0.4 is 5.73 Å². The molecular formula is C10H11FN2O4. The smallest absolute Gasteiger partial charge is 0.322 e. The van der Waals surface area contributed by atoms with E-state index in [0.29, 0.717) is 5.56 Å². The highest BCUT2D eigenvalue weighted by molar-refractivity contribution is 5.75. The van der Waals surface area contributed by atoms with E-state index in [9.17, 15) is 19.3 Å². The van der Waals surface area contributed by atoms with Gasteiger partial charge in [0.15, 0.2) is 0 Å². The Morgan fingerprint density at radius 1 is 1.65 bits per heavy atom. The largest absolute Gasteiger partial charge is 0.468 e. The number of nitro groups is 1. The molecule has 0 heterocycles. The van der Waals surface area contributed by atoms with Crippen LogP contribution in [0.3, 0.4) is 0 Å². The molecule has 0 aliphatic carbocycles. The highest BCUT2D eigenvalue weighted by atomic mass is 19.1. The highest BCUT2D eigenvalue weighted by Crippen LogP contribution is 2.19. The molecule has 0 saturated heterocycles. The van der Waals surface area contributed by atoms with Crippen molar-refractivity contribution < 1.29 is 18.8 Å². The molecule has 0 fully saturated rings. The molecule has 1 aromatic carbocycles. The summed E-state index contributed by atoms with van der Waals surface area (Å²) in [5, 5.41) is 10.5. The van der Waals surface area contributed by atoms with Gasteiger partial charge in [0.1, 0.15) is 6.04 Å². The highest BCUT2D eigenvalue weighted by Gasteiger charge is 2.18. The van der Waals surface area contributed by atoms with Crippen LogP contribution in [0.1, 0.15) is 5.56 Å². The SMILES string of the molecule is COC(=O)[C@H](N)Cc1ccc(F)c([N+](=O)[O-])c1. The second-order valence-corrected chi connectivity index (χ2v) is 3.38. The van der Waals surface area contributed by atoms with Crippen LogP contribution in [0.25, 0.3) is 0 Å². The van der Waals surface area contributed by atoms with Crippen LogP contribution >= 0.6 is 0 Å². The van der Waals surface area contributed by atoms with Crippen molar-refractivity contribution in [1.82, 2.24) is 0 Å². The quantitative estimate of drug-likeness (QED) is 0.478. The van der Waals surface area contributed by atoms with Gasteiger partial charge in [-0.1, -0.05) is 6.07 Å². The molecule has 1 aromatic rings. The zero-order valence-electron chi connectivity index (χ0n) is 9.05. The maximum Gasteiger partial charge on any atom is 0.322 e. The van der Waals surface area contributed by atoms with Crippen molar-refractivity contribution in [3.63, 3.8) is 0 Å². The van der Waals surface area contributed by atoms with Crippen molar-refractivity contribution in [2.75, 3.05) is 7.11 Å². The van der Waals surface area contributed by atoms with Gasteiger partial charge in [0.2, 0.25) is 5.82 Å². The minimum Gasteiger partial charge on any atom is -0.468 e. The Bertz CT molecular complexity index is 450. The predicted octanol–water partition coefficient (Wildman–Crippen LogP) is 0.777. The molecule has 1 atom stereocenters. The topological polar surface area (TPSA) is 95.5 Å². The molecular weight excluding hydrogens is 231 g/mol. The number of halogens is 1. The number of rotatable bonds is 4. The van der Waals surface area contributed by atoms with Crippen molar-refractivity contribution in [2.45, 2.75) is 12.5 Å². The van der Waals surface area contributed by atoms with E-state index in [-0.39, 0.29) is 6.42 Å². The minimum atomic E-state index is -0.926. The standard InChI is InChI=1S/C10H11FN2O4/c1-17-10(14)8(12)4-6-2-3-7(11)9(5-6)13(15)16/h2-3,5,8H,4,12H2,1H3/t8-/m1/s1. The van der Waals surface area contributed by atoms with Gasteiger partial charge in [0.25, 0.3) is 0 Å². The third-order valence-corrected chi connectivity index (χ3v) is 2.17. The fourth-order valence-electron chi connectivity index (χ4n) is 1.31. The van der Waals surface area contributed by atoms with E-state index in [1.165, 1.54) is 13.2 Å². The summed E-state index contributed by atoms with van der Waals surface area (Å²) in [4.78, 5) is 20.7.